The topological polar surface area (TPSA) is 84.5 Å². The Bertz CT molecular complexity index is 510. The van der Waals surface area contributed by atoms with E-state index >= 15 is 0 Å². The molecule has 0 aliphatic heterocycles. The summed E-state index contributed by atoms with van der Waals surface area (Å²) in [7, 11) is 0. The van der Waals surface area contributed by atoms with Gasteiger partial charge in [-0.1, -0.05) is 0 Å². The molecule has 4 bridgehead atoms. The number of carbonyl (C=O) groups is 3. The highest BCUT2D eigenvalue weighted by Crippen LogP contribution is 2.61. The fraction of sp³-hybridized carbons (Fsp3) is 0.842. The molecule has 6 heteroatoms. The van der Waals surface area contributed by atoms with Crippen molar-refractivity contribution in [3.05, 3.63) is 0 Å². The maximum Gasteiger partial charge on any atom is 0.326 e. The summed E-state index contributed by atoms with van der Waals surface area (Å²) in [5.41, 5.74) is 0.164. The van der Waals surface area contributed by atoms with E-state index in [-0.39, 0.29) is 23.8 Å². The van der Waals surface area contributed by atoms with Gasteiger partial charge in [-0.3, -0.25) is 14.4 Å². The summed E-state index contributed by atoms with van der Waals surface area (Å²) in [6, 6.07) is 0. The standard InChI is InChI=1S/C19H30N2O4/c1-3-20-18(24)12(2)25-17(23)11-21-16(22)10-19-7-13-4-14(8-19)6-15(5-13)9-19/h12-15H,3-11H2,1-2H3,(H,20,24)(H,21,22)/t12-,13?,14?,15?,19?/m0/s1. The van der Waals surface area contributed by atoms with Crippen molar-refractivity contribution in [2.75, 3.05) is 13.1 Å². The van der Waals surface area contributed by atoms with Crippen molar-refractivity contribution in [1.82, 2.24) is 10.6 Å². The van der Waals surface area contributed by atoms with Gasteiger partial charge >= 0.3 is 5.97 Å². The average molecular weight is 350 g/mol. The summed E-state index contributed by atoms with van der Waals surface area (Å²) in [5.74, 6) is 1.46. The molecule has 0 saturated heterocycles. The predicted molar refractivity (Wildman–Crippen MR) is 92.5 cm³/mol. The summed E-state index contributed by atoms with van der Waals surface area (Å²) < 4.78 is 5.04. The number of hydrogen-bond donors (Lipinski definition) is 2. The maximum absolute atomic E-state index is 12.4. The summed E-state index contributed by atoms with van der Waals surface area (Å²) in [6.45, 7) is 3.65. The zero-order valence-electron chi connectivity index (χ0n) is 15.3. The Balaban J connectivity index is 1.42. The molecule has 25 heavy (non-hydrogen) atoms. The maximum atomic E-state index is 12.4. The minimum atomic E-state index is -0.840. The van der Waals surface area contributed by atoms with E-state index in [4.69, 9.17) is 4.74 Å². The Hall–Kier alpha value is -1.59. The van der Waals surface area contributed by atoms with Gasteiger partial charge in [0, 0.05) is 13.0 Å². The highest BCUT2D eigenvalue weighted by molar-refractivity contribution is 5.85. The summed E-state index contributed by atoms with van der Waals surface area (Å²) >= 11 is 0. The number of rotatable bonds is 7. The molecule has 6 nitrogen and oxygen atoms in total. The SMILES string of the molecule is CCNC(=O)[C@H](C)OC(=O)CNC(=O)CC12CC3CC(CC(C3)C1)C2. The van der Waals surface area contributed by atoms with Crippen LogP contribution in [0, 0.1) is 23.2 Å². The third-order valence-corrected chi connectivity index (χ3v) is 6.16. The minimum absolute atomic E-state index is 0.0652. The Morgan fingerprint density at radius 1 is 1.04 bits per heavy atom. The number of likely N-dealkylation sites (N-methyl/N-ethyl adjacent to an activating group) is 1. The molecule has 140 valence electrons. The molecule has 0 aromatic heterocycles. The number of hydrogen-bond acceptors (Lipinski definition) is 4. The average Bonchev–Trinajstić information content (AvgIpc) is 2.51. The van der Waals surface area contributed by atoms with Crippen LogP contribution in [0.2, 0.25) is 0 Å². The van der Waals surface area contributed by atoms with Crippen LogP contribution in [0.1, 0.15) is 58.8 Å². The fourth-order valence-corrected chi connectivity index (χ4v) is 5.69. The lowest BCUT2D eigenvalue weighted by atomic mass is 9.49. The first-order valence-corrected chi connectivity index (χ1v) is 9.63. The first-order chi connectivity index (χ1) is 11.9. The normalized spacial score (nSPS) is 33.6. The van der Waals surface area contributed by atoms with Crippen molar-refractivity contribution in [1.29, 1.82) is 0 Å². The second kappa shape index (κ2) is 7.34. The molecule has 0 aromatic carbocycles. The van der Waals surface area contributed by atoms with Gasteiger partial charge in [0.15, 0.2) is 6.10 Å². The van der Waals surface area contributed by atoms with E-state index in [1.165, 1.54) is 45.4 Å². The molecule has 0 radical (unpaired) electrons. The van der Waals surface area contributed by atoms with Gasteiger partial charge in [0.25, 0.3) is 5.91 Å². The third kappa shape index (κ3) is 4.33. The van der Waals surface area contributed by atoms with Crippen LogP contribution < -0.4 is 10.6 Å². The van der Waals surface area contributed by atoms with Gasteiger partial charge in [0.05, 0.1) is 0 Å². The Morgan fingerprint density at radius 3 is 2.12 bits per heavy atom. The van der Waals surface area contributed by atoms with E-state index in [9.17, 15) is 14.4 Å². The molecule has 4 rings (SSSR count). The molecule has 4 aliphatic rings. The molecule has 0 aromatic rings. The summed E-state index contributed by atoms with van der Waals surface area (Å²) in [5, 5.41) is 5.29. The van der Waals surface area contributed by atoms with Crippen LogP contribution in [0.15, 0.2) is 0 Å². The van der Waals surface area contributed by atoms with Crippen LogP contribution in [0.25, 0.3) is 0 Å². The molecular formula is C19H30N2O4. The van der Waals surface area contributed by atoms with Gasteiger partial charge in [-0.05, 0) is 75.5 Å². The molecule has 0 unspecified atom stereocenters. The van der Waals surface area contributed by atoms with Gasteiger partial charge in [0.2, 0.25) is 5.91 Å². The van der Waals surface area contributed by atoms with Crippen LogP contribution in [0.5, 0.6) is 0 Å². The van der Waals surface area contributed by atoms with Gasteiger partial charge in [0.1, 0.15) is 6.54 Å². The van der Waals surface area contributed by atoms with Crippen molar-refractivity contribution >= 4 is 17.8 Å². The number of nitrogens with one attached hydrogen (secondary N) is 2. The first kappa shape index (κ1) is 18.2. The number of ether oxygens (including phenoxy) is 1. The Labute approximate surface area is 149 Å². The summed E-state index contributed by atoms with van der Waals surface area (Å²) in [6.07, 6.45) is 7.25. The Kier molecular flexibility index (Phi) is 5.35. The summed E-state index contributed by atoms with van der Waals surface area (Å²) in [4.78, 5) is 35.7. The number of esters is 1. The van der Waals surface area contributed by atoms with E-state index in [1.54, 1.807) is 6.92 Å². The van der Waals surface area contributed by atoms with Crippen molar-refractivity contribution in [2.24, 2.45) is 23.2 Å². The van der Waals surface area contributed by atoms with E-state index < -0.39 is 12.1 Å². The smallest absolute Gasteiger partial charge is 0.326 e. The molecular weight excluding hydrogens is 320 g/mol. The lowest BCUT2D eigenvalue weighted by Gasteiger charge is -2.56. The second-order valence-electron chi connectivity index (χ2n) is 8.40. The lowest BCUT2D eigenvalue weighted by Crippen LogP contribution is -2.48. The van der Waals surface area contributed by atoms with Crippen LogP contribution in [-0.4, -0.2) is 37.0 Å². The van der Waals surface area contributed by atoms with Crippen LogP contribution >= 0.6 is 0 Å². The zero-order chi connectivity index (χ0) is 18.0. The molecule has 1 atom stereocenters. The van der Waals surface area contributed by atoms with Gasteiger partial charge < -0.3 is 15.4 Å². The van der Waals surface area contributed by atoms with Crippen LogP contribution in [0.3, 0.4) is 0 Å². The second-order valence-corrected chi connectivity index (χ2v) is 8.40. The minimum Gasteiger partial charge on any atom is -0.451 e. The lowest BCUT2D eigenvalue weighted by molar-refractivity contribution is -0.154. The monoisotopic (exact) mass is 350 g/mol. The van der Waals surface area contributed by atoms with E-state index in [2.05, 4.69) is 10.6 Å². The highest BCUT2D eigenvalue weighted by Gasteiger charge is 2.51. The largest absolute Gasteiger partial charge is 0.451 e. The van der Waals surface area contributed by atoms with Crippen molar-refractivity contribution < 1.29 is 19.1 Å². The number of carbonyl (C=O) groups excluding carboxylic acids is 3. The van der Waals surface area contributed by atoms with Crippen molar-refractivity contribution in [2.45, 2.75) is 64.9 Å². The van der Waals surface area contributed by atoms with E-state index in [1.807, 2.05) is 0 Å². The van der Waals surface area contributed by atoms with E-state index in [0.717, 1.165) is 17.8 Å². The highest BCUT2D eigenvalue weighted by atomic mass is 16.5. The van der Waals surface area contributed by atoms with E-state index in [0.29, 0.717) is 13.0 Å². The molecule has 0 spiro atoms. The van der Waals surface area contributed by atoms with Gasteiger partial charge in [-0.25, -0.2) is 0 Å². The third-order valence-electron chi connectivity index (χ3n) is 6.16. The quantitative estimate of drug-likeness (QED) is 0.686. The molecule has 0 heterocycles. The number of amides is 2. The Morgan fingerprint density at radius 2 is 1.60 bits per heavy atom. The van der Waals surface area contributed by atoms with Crippen molar-refractivity contribution in [3.8, 4) is 0 Å². The molecule has 4 fully saturated rings. The fourth-order valence-electron chi connectivity index (χ4n) is 5.69. The molecule has 2 N–H and O–H groups in total. The van der Waals surface area contributed by atoms with Gasteiger partial charge in [-0.2, -0.15) is 0 Å². The molecule has 4 aliphatic carbocycles. The zero-order valence-corrected chi connectivity index (χ0v) is 15.3. The van der Waals surface area contributed by atoms with Crippen molar-refractivity contribution in [3.63, 3.8) is 0 Å². The predicted octanol–water partition coefficient (Wildman–Crippen LogP) is 1.78. The first-order valence-electron chi connectivity index (χ1n) is 9.63. The molecule has 4 saturated carbocycles. The van der Waals surface area contributed by atoms with Crippen LogP contribution in [0.4, 0.5) is 0 Å². The van der Waals surface area contributed by atoms with Gasteiger partial charge in [-0.15, -0.1) is 0 Å². The molecule has 2 amide bonds. The van der Waals surface area contributed by atoms with Crippen LogP contribution in [-0.2, 0) is 19.1 Å².